The minimum atomic E-state index is -0.517. The van der Waals surface area contributed by atoms with Gasteiger partial charge >= 0.3 is 5.97 Å². The maximum Gasteiger partial charge on any atom is 0.337 e. The van der Waals surface area contributed by atoms with Crippen LogP contribution in [0.5, 0.6) is 0 Å². The van der Waals surface area contributed by atoms with E-state index in [0.29, 0.717) is 5.56 Å². The van der Waals surface area contributed by atoms with Crippen molar-refractivity contribution in [3.8, 4) is 0 Å². The third-order valence-corrected chi connectivity index (χ3v) is 2.73. The van der Waals surface area contributed by atoms with E-state index in [9.17, 15) is 9.18 Å². The lowest BCUT2D eigenvalue weighted by Crippen LogP contribution is -2.09. The van der Waals surface area contributed by atoms with Crippen molar-refractivity contribution >= 4 is 5.97 Å². The van der Waals surface area contributed by atoms with Crippen LogP contribution in [0.2, 0.25) is 0 Å². The maximum absolute atomic E-state index is 13.6. The van der Waals surface area contributed by atoms with E-state index in [-0.39, 0.29) is 11.6 Å². The van der Waals surface area contributed by atoms with Crippen molar-refractivity contribution < 1.29 is 13.9 Å². The van der Waals surface area contributed by atoms with Crippen molar-refractivity contribution in [3.63, 3.8) is 0 Å². The molecule has 1 aliphatic carbocycles. The van der Waals surface area contributed by atoms with Gasteiger partial charge in [0.1, 0.15) is 5.82 Å². The van der Waals surface area contributed by atoms with E-state index in [0.717, 1.165) is 18.4 Å². The molecule has 3 nitrogen and oxygen atoms in total. The van der Waals surface area contributed by atoms with Gasteiger partial charge in [-0.1, -0.05) is 0 Å². The van der Waals surface area contributed by atoms with E-state index >= 15 is 0 Å². The minimum absolute atomic E-state index is 0.244. The molecule has 0 spiro atoms. The van der Waals surface area contributed by atoms with Crippen LogP contribution < -0.4 is 5.73 Å². The van der Waals surface area contributed by atoms with Crippen LogP contribution in [-0.4, -0.2) is 13.1 Å². The summed E-state index contributed by atoms with van der Waals surface area (Å²) in [7, 11) is 1.28. The van der Waals surface area contributed by atoms with Gasteiger partial charge in [-0.15, -0.1) is 0 Å². The summed E-state index contributed by atoms with van der Waals surface area (Å²) in [5, 5.41) is 0. The molecular weight excluding hydrogens is 197 g/mol. The van der Waals surface area contributed by atoms with Crippen LogP contribution in [0.25, 0.3) is 0 Å². The van der Waals surface area contributed by atoms with Crippen LogP contribution in [0, 0.1) is 5.82 Å². The second-order valence-electron chi connectivity index (χ2n) is 3.67. The zero-order chi connectivity index (χ0) is 11.0. The van der Waals surface area contributed by atoms with Crippen molar-refractivity contribution in [3.05, 3.63) is 34.6 Å². The third kappa shape index (κ3) is 1.61. The van der Waals surface area contributed by atoms with E-state index in [1.54, 1.807) is 6.07 Å². The Morgan fingerprint density at radius 3 is 3.00 bits per heavy atom. The van der Waals surface area contributed by atoms with Gasteiger partial charge in [-0.3, -0.25) is 0 Å². The third-order valence-electron chi connectivity index (χ3n) is 2.73. The maximum atomic E-state index is 13.6. The lowest BCUT2D eigenvalue weighted by atomic mass is 10.0. The molecule has 0 heterocycles. The van der Waals surface area contributed by atoms with Crippen LogP contribution in [0.3, 0.4) is 0 Å². The van der Waals surface area contributed by atoms with Crippen molar-refractivity contribution in [1.29, 1.82) is 0 Å². The van der Waals surface area contributed by atoms with Gasteiger partial charge in [-0.05, 0) is 30.5 Å². The van der Waals surface area contributed by atoms with Gasteiger partial charge in [-0.25, -0.2) is 9.18 Å². The number of rotatable bonds is 1. The number of methoxy groups -OCH3 is 1. The van der Waals surface area contributed by atoms with Gasteiger partial charge in [0.2, 0.25) is 0 Å². The predicted molar refractivity (Wildman–Crippen MR) is 53.0 cm³/mol. The summed E-state index contributed by atoms with van der Waals surface area (Å²) in [5.41, 5.74) is 7.37. The number of hydrogen-bond acceptors (Lipinski definition) is 3. The number of ether oxygens (including phenoxy) is 1. The molecular formula is C11H12FNO2. The highest BCUT2D eigenvalue weighted by atomic mass is 19.1. The second kappa shape index (κ2) is 3.62. The summed E-state index contributed by atoms with van der Waals surface area (Å²) in [4.78, 5) is 11.2. The molecule has 2 rings (SSSR count). The lowest BCUT2D eigenvalue weighted by Gasteiger charge is -2.08. The average molecular weight is 209 g/mol. The summed E-state index contributed by atoms with van der Waals surface area (Å²) in [5.74, 6) is -0.921. The number of benzene rings is 1. The molecule has 0 saturated carbocycles. The van der Waals surface area contributed by atoms with Crippen LogP contribution in [0.1, 0.15) is 33.9 Å². The monoisotopic (exact) mass is 209 g/mol. The standard InChI is InChI=1S/C11H12FNO2/c1-15-11(14)7-4-6-2-3-9(13)10(6)8(12)5-7/h4-5,9H,2-3,13H2,1H3/t9-/m0/s1. The van der Waals surface area contributed by atoms with Gasteiger partial charge in [0.15, 0.2) is 0 Å². The van der Waals surface area contributed by atoms with E-state index in [4.69, 9.17) is 5.73 Å². The van der Waals surface area contributed by atoms with Gasteiger partial charge in [-0.2, -0.15) is 0 Å². The fourth-order valence-electron chi connectivity index (χ4n) is 1.99. The topological polar surface area (TPSA) is 52.3 Å². The number of nitrogens with two attached hydrogens (primary N) is 1. The Balaban J connectivity index is 2.49. The molecule has 0 unspecified atom stereocenters. The molecule has 1 aromatic rings. The van der Waals surface area contributed by atoms with E-state index in [1.807, 2.05) is 0 Å². The smallest absolute Gasteiger partial charge is 0.337 e. The fraction of sp³-hybridized carbons (Fsp3) is 0.364. The molecule has 1 aromatic carbocycles. The average Bonchev–Trinajstić information content (AvgIpc) is 2.59. The van der Waals surface area contributed by atoms with E-state index in [1.165, 1.54) is 13.2 Å². The highest BCUT2D eigenvalue weighted by Gasteiger charge is 2.24. The molecule has 0 bridgehead atoms. The minimum Gasteiger partial charge on any atom is -0.465 e. The van der Waals surface area contributed by atoms with E-state index in [2.05, 4.69) is 4.74 Å². The Bertz CT molecular complexity index is 417. The van der Waals surface area contributed by atoms with Crippen molar-refractivity contribution in [2.75, 3.05) is 7.11 Å². The number of esters is 1. The molecule has 15 heavy (non-hydrogen) atoms. The zero-order valence-electron chi connectivity index (χ0n) is 8.42. The van der Waals surface area contributed by atoms with Gasteiger partial charge in [0, 0.05) is 11.6 Å². The first-order valence-electron chi connectivity index (χ1n) is 4.79. The van der Waals surface area contributed by atoms with Crippen molar-refractivity contribution in [1.82, 2.24) is 0 Å². The van der Waals surface area contributed by atoms with E-state index < -0.39 is 11.8 Å². The van der Waals surface area contributed by atoms with Crippen LogP contribution in [0.15, 0.2) is 12.1 Å². The predicted octanol–water partition coefficient (Wildman–Crippen LogP) is 1.56. The normalized spacial score (nSPS) is 18.7. The second-order valence-corrected chi connectivity index (χ2v) is 3.67. The molecule has 4 heteroatoms. The summed E-state index contributed by atoms with van der Waals surface area (Å²) in [6, 6.07) is 2.61. The number of aryl methyl sites for hydroxylation is 1. The first kappa shape index (κ1) is 10.1. The summed E-state index contributed by atoms with van der Waals surface area (Å²) < 4.78 is 18.2. The first-order valence-corrected chi connectivity index (χ1v) is 4.79. The van der Waals surface area contributed by atoms with Crippen LogP contribution in [-0.2, 0) is 11.2 Å². The Morgan fingerprint density at radius 2 is 2.33 bits per heavy atom. The summed E-state index contributed by atoms with van der Waals surface area (Å²) >= 11 is 0. The Hall–Kier alpha value is -1.42. The Morgan fingerprint density at radius 1 is 1.60 bits per heavy atom. The van der Waals surface area contributed by atoms with Gasteiger partial charge in [0.25, 0.3) is 0 Å². The Labute approximate surface area is 87.0 Å². The number of fused-ring (bicyclic) bond motifs is 1. The molecule has 1 atom stereocenters. The van der Waals surface area contributed by atoms with Gasteiger partial charge in [0.05, 0.1) is 12.7 Å². The Kier molecular flexibility index (Phi) is 2.44. The van der Waals surface area contributed by atoms with Crippen molar-refractivity contribution in [2.24, 2.45) is 5.73 Å². The fourth-order valence-corrected chi connectivity index (χ4v) is 1.99. The molecule has 0 aliphatic heterocycles. The summed E-state index contributed by atoms with van der Waals surface area (Å²) in [6.45, 7) is 0. The molecule has 80 valence electrons. The van der Waals surface area contributed by atoms with Crippen molar-refractivity contribution in [2.45, 2.75) is 18.9 Å². The number of carbonyl (C=O) groups is 1. The molecule has 0 aromatic heterocycles. The molecule has 2 N–H and O–H groups in total. The molecule has 1 aliphatic rings. The lowest BCUT2D eigenvalue weighted by molar-refractivity contribution is 0.0600. The molecule has 0 saturated heterocycles. The zero-order valence-corrected chi connectivity index (χ0v) is 8.42. The summed E-state index contributed by atoms with van der Waals surface area (Å²) in [6.07, 6.45) is 1.45. The quantitative estimate of drug-likeness (QED) is 0.714. The molecule has 0 fully saturated rings. The largest absolute Gasteiger partial charge is 0.465 e. The number of carbonyl (C=O) groups excluding carboxylic acids is 1. The highest BCUT2D eigenvalue weighted by molar-refractivity contribution is 5.89. The first-order chi connectivity index (χ1) is 7.13. The SMILES string of the molecule is COC(=O)c1cc(F)c2c(c1)CC[C@@H]2N. The number of hydrogen-bond donors (Lipinski definition) is 1. The number of halogens is 1. The highest BCUT2D eigenvalue weighted by Crippen LogP contribution is 2.32. The van der Waals surface area contributed by atoms with Crippen LogP contribution in [0.4, 0.5) is 4.39 Å². The van der Waals surface area contributed by atoms with Crippen LogP contribution >= 0.6 is 0 Å². The molecule has 0 radical (unpaired) electrons. The van der Waals surface area contributed by atoms with Gasteiger partial charge < -0.3 is 10.5 Å². The molecule has 0 amide bonds.